The Kier molecular flexibility index (Phi) is 4.73. The van der Waals surface area contributed by atoms with Gasteiger partial charge in [0.2, 0.25) is 0 Å². The first-order chi connectivity index (χ1) is 12.7. The first-order valence-electron chi connectivity index (χ1n) is 7.94. The third kappa shape index (κ3) is 3.84. The second kappa shape index (κ2) is 6.86. The molecule has 3 rings (SSSR count). The summed E-state index contributed by atoms with van der Waals surface area (Å²) in [6.45, 7) is 1.69. The lowest BCUT2D eigenvalue weighted by molar-refractivity contribution is -0.139. The molecule has 0 fully saturated rings. The first-order valence-corrected chi connectivity index (χ1v) is 7.94. The van der Waals surface area contributed by atoms with Gasteiger partial charge in [0.25, 0.3) is 5.91 Å². The number of nitrogens with zero attached hydrogens (tertiary/aromatic N) is 2. The van der Waals surface area contributed by atoms with Crippen LogP contribution >= 0.6 is 0 Å². The van der Waals surface area contributed by atoms with Crippen LogP contribution in [-0.4, -0.2) is 15.7 Å². The summed E-state index contributed by atoms with van der Waals surface area (Å²) in [6.07, 6.45) is -3.21. The Labute approximate surface area is 152 Å². The van der Waals surface area contributed by atoms with Gasteiger partial charge in [0, 0.05) is 24.5 Å². The zero-order chi connectivity index (χ0) is 19.8. The van der Waals surface area contributed by atoms with E-state index in [1.807, 2.05) is 0 Å². The third-order valence-electron chi connectivity index (χ3n) is 4.02. The number of aryl methyl sites for hydroxylation is 2. The molecule has 0 saturated heterocycles. The maximum Gasteiger partial charge on any atom is 0.419 e. The van der Waals surface area contributed by atoms with Crippen LogP contribution in [0.5, 0.6) is 0 Å². The number of amides is 1. The fourth-order valence-corrected chi connectivity index (χ4v) is 2.77. The van der Waals surface area contributed by atoms with Crippen LogP contribution in [0.25, 0.3) is 11.1 Å². The van der Waals surface area contributed by atoms with Gasteiger partial charge in [-0.1, -0.05) is 24.3 Å². The molecule has 140 valence electrons. The van der Waals surface area contributed by atoms with Crippen LogP contribution in [0.1, 0.15) is 21.6 Å². The molecular weight excluding hydrogens is 362 g/mol. The summed E-state index contributed by atoms with van der Waals surface area (Å²) in [5.74, 6) is -1.79. The highest BCUT2D eigenvalue weighted by Gasteiger charge is 2.34. The molecule has 0 bridgehead atoms. The van der Waals surface area contributed by atoms with Crippen LogP contribution in [0.3, 0.4) is 0 Å². The van der Waals surface area contributed by atoms with Crippen molar-refractivity contribution in [3.05, 3.63) is 71.3 Å². The number of anilines is 1. The summed E-state index contributed by atoms with van der Waals surface area (Å²) in [5, 5.41) is 6.81. The fraction of sp³-hybridized carbons (Fsp3) is 0.158. The predicted octanol–water partition coefficient (Wildman–Crippen LogP) is 4.81. The van der Waals surface area contributed by atoms with E-state index >= 15 is 0 Å². The molecule has 1 aromatic heterocycles. The molecule has 0 spiro atoms. The number of hydrogen-bond donors (Lipinski definition) is 1. The summed E-state index contributed by atoms with van der Waals surface area (Å²) in [4.78, 5) is 12.5. The molecule has 2 aromatic carbocycles. The Balaban J connectivity index is 1.96. The van der Waals surface area contributed by atoms with E-state index in [2.05, 4.69) is 10.4 Å². The topological polar surface area (TPSA) is 46.9 Å². The smallest absolute Gasteiger partial charge is 0.321 e. The summed E-state index contributed by atoms with van der Waals surface area (Å²) in [6, 6.07) is 9.16. The van der Waals surface area contributed by atoms with Gasteiger partial charge < -0.3 is 5.32 Å². The van der Waals surface area contributed by atoms with Crippen molar-refractivity contribution in [3.8, 4) is 11.1 Å². The number of hydrogen-bond acceptors (Lipinski definition) is 2. The fourth-order valence-electron chi connectivity index (χ4n) is 2.77. The lowest BCUT2D eigenvalue weighted by atomic mass is 10.0. The minimum absolute atomic E-state index is 0.222. The van der Waals surface area contributed by atoms with Crippen LogP contribution < -0.4 is 5.32 Å². The number of rotatable bonds is 3. The molecule has 0 radical (unpaired) electrons. The summed E-state index contributed by atoms with van der Waals surface area (Å²) in [5.41, 5.74) is 0.543. The zero-order valence-electron chi connectivity index (χ0n) is 14.4. The van der Waals surface area contributed by atoms with Crippen molar-refractivity contribution in [2.75, 3.05) is 5.32 Å². The van der Waals surface area contributed by atoms with E-state index in [-0.39, 0.29) is 5.56 Å². The third-order valence-corrected chi connectivity index (χ3v) is 4.02. The second-order valence-electron chi connectivity index (χ2n) is 5.99. The van der Waals surface area contributed by atoms with E-state index in [1.54, 1.807) is 44.4 Å². The molecule has 4 nitrogen and oxygen atoms in total. The Morgan fingerprint density at radius 3 is 2.44 bits per heavy atom. The lowest BCUT2D eigenvalue weighted by Crippen LogP contribution is -2.13. The van der Waals surface area contributed by atoms with E-state index in [4.69, 9.17) is 0 Å². The number of benzene rings is 2. The standard InChI is InChI=1S/C19H15F4N3O/c1-11-14(10-26(2)25-11)18(27)24-17-6-4-3-5-13(17)12-7-8-15(16(20)9-12)19(21,22)23/h3-10H,1-2H3,(H,24,27). The quantitative estimate of drug-likeness (QED) is 0.666. The molecule has 0 unspecified atom stereocenters. The monoisotopic (exact) mass is 377 g/mol. The van der Waals surface area contributed by atoms with Gasteiger partial charge in [0.1, 0.15) is 5.82 Å². The Morgan fingerprint density at radius 1 is 1.15 bits per heavy atom. The molecular formula is C19H15F4N3O. The number of carbonyl (C=O) groups is 1. The van der Waals surface area contributed by atoms with Gasteiger partial charge in [0.15, 0.2) is 0 Å². The number of carbonyl (C=O) groups excluding carboxylic acids is 1. The van der Waals surface area contributed by atoms with E-state index in [0.29, 0.717) is 28.6 Å². The van der Waals surface area contributed by atoms with Crippen LogP contribution in [0.4, 0.5) is 23.2 Å². The van der Waals surface area contributed by atoms with Crippen molar-refractivity contribution >= 4 is 11.6 Å². The molecule has 1 N–H and O–H groups in total. The van der Waals surface area contributed by atoms with Crippen molar-refractivity contribution < 1.29 is 22.4 Å². The normalized spacial score (nSPS) is 11.5. The van der Waals surface area contributed by atoms with Crippen molar-refractivity contribution in [3.63, 3.8) is 0 Å². The molecule has 27 heavy (non-hydrogen) atoms. The van der Waals surface area contributed by atoms with Crippen molar-refractivity contribution in [1.82, 2.24) is 9.78 Å². The molecule has 1 amide bonds. The second-order valence-corrected chi connectivity index (χ2v) is 5.99. The molecule has 0 aliphatic carbocycles. The van der Waals surface area contributed by atoms with E-state index in [1.165, 1.54) is 10.7 Å². The van der Waals surface area contributed by atoms with Gasteiger partial charge in [-0.15, -0.1) is 0 Å². The highest BCUT2D eigenvalue weighted by atomic mass is 19.4. The molecule has 0 saturated carbocycles. The number of aromatic nitrogens is 2. The van der Waals surface area contributed by atoms with Gasteiger partial charge in [-0.2, -0.15) is 18.3 Å². The molecule has 3 aromatic rings. The van der Waals surface area contributed by atoms with Crippen LogP contribution in [-0.2, 0) is 13.2 Å². The Hall–Kier alpha value is -3.16. The van der Waals surface area contributed by atoms with Crippen LogP contribution in [0.15, 0.2) is 48.7 Å². The minimum atomic E-state index is -4.77. The number of para-hydroxylation sites is 1. The zero-order valence-corrected chi connectivity index (χ0v) is 14.4. The maximum absolute atomic E-state index is 13.9. The Bertz CT molecular complexity index is 1010. The van der Waals surface area contributed by atoms with E-state index < -0.39 is 23.5 Å². The highest BCUT2D eigenvalue weighted by molar-refractivity contribution is 6.06. The number of nitrogens with one attached hydrogen (secondary N) is 1. The SMILES string of the molecule is Cc1nn(C)cc1C(=O)Nc1ccccc1-c1ccc(C(F)(F)F)c(F)c1. The van der Waals surface area contributed by atoms with E-state index in [9.17, 15) is 22.4 Å². The van der Waals surface area contributed by atoms with Gasteiger partial charge in [-0.05, 0) is 30.7 Å². The number of halogens is 4. The van der Waals surface area contributed by atoms with Gasteiger partial charge in [-0.25, -0.2) is 4.39 Å². The highest BCUT2D eigenvalue weighted by Crippen LogP contribution is 2.35. The average molecular weight is 377 g/mol. The first kappa shape index (κ1) is 18.6. The largest absolute Gasteiger partial charge is 0.419 e. The number of alkyl halides is 3. The molecule has 8 heteroatoms. The Morgan fingerprint density at radius 2 is 1.85 bits per heavy atom. The van der Waals surface area contributed by atoms with Crippen molar-refractivity contribution in [2.24, 2.45) is 7.05 Å². The van der Waals surface area contributed by atoms with Gasteiger partial charge in [-0.3, -0.25) is 9.48 Å². The van der Waals surface area contributed by atoms with Crippen LogP contribution in [0, 0.1) is 12.7 Å². The van der Waals surface area contributed by atoms with Crippen molar-refractivity contribution in [1.29, 1.82) is 0 Å². The summed E-state index contributed by atoms with van der Waals surface area (Å²) in [7, 11) is 1.68. The predicted molar refractivity (Wildman–Crippen MR) is 92.7 cm³/mol. The van der Waals surface area contributed by atoms with Crippen molar-refractivity contribution in [2.45, 2.75) is 13.1 Å². The van der Waals surface area contributed by atoms with Gasteiger partial charge in [0.05, 0.1) is 16.8 Å². The average Bonchev–Trinajstić information content (AvgIpc) is 2.92. The minimum Gasteiger partial charge on any atom is -0.321 e. The van der Waals surface area contributed by atoms with Crippen LogP contribution in [0.2, 0.25) is 0 Å². The molecule has 0 atom stereocenters. The molecule has 0 aliphatic rings. The molecule has 0 aliphatic heterocycles. The lowest BCUT2D eigenvalue weighted by Gasteiger charge is -2.13. The maximum atomic E-state index is 13.9. The van der Waals surface area contributed by atoms with Gasteiger partial charge >= 0.3 is 6.18 Å². The molecule has 1 heterocycles. The van der Waals surface area contributed by atoms with E-state index in [0.717, 1.165) is 6.07 Å². The summed E-state index contributed by atoms with van der Waals surface area (Å²) < 4.78 is 53.7. The summed E-state index contributed by atoms with van der Waals surface area (Å²) >= 11 is 0.